The predicted molar refractivity (Wildman–Crippen MR) is 82.6 cm³/mol. The molecule has 0 radical (unpaired) electrons. The fourth-order valence-electron chi connectivity index (χ4n) is 2.09. The van der Waals surface area contributed by atoms with E-state index in [0.717, 1.165) is 25.7 Å². The molecule has 0 atom stereocenters. The third-order valence-electron chi connectivity index (χ3n) is 3.06. The van der Waals surface area contributed by atoms with Crippen LogP contribution in [0.4, 0.5) is 0 Å². The quantitative estimate of drug-likeness (QED) is 0.382. The average molecular weight is 314 g/mol. The highest BCUT2D eigenvalue weighted by atomic mass is 35.5. The molecule has 0 N–H and O–H groups in total. The van der Waals surface area contributed by atoms with E-state index in [2.05, 4.69) is 31.2 Å². The Labute approximate surface area is 135 Å². The summed E-state index contributed by atoms with van der Waals surface area (Å²) in [6, 6.07) is 8.64. The highest BCUT2D eigenvalue weighted by Crippen LogP contribution is 2.09. The van der Waals surface area contributed by atoms with Gasteiger partial charge in [0.05, 0.1) is 27.7 Å². The maximum absolute atomic E-state index is 11.5. The Morgan fingerprint density at radius 2 is 1.86 bits per heavy atom. The Balaban J connectivity index is 0.00000400. The molecule has 0 saturated heterocycles. The molecule has 21 heavy (non-hydrogen) atoms. The zero-order valence-electron chi connectivity index (χ0n) is 13.7. The van der Waals surface area contributed by atoms with Gasteiger partial charge in [0, 0.05) is 0 Å². The van der Waals surface area contributed by atoms with Gasteiger partial charge in [-0.3, -0.25) is 0 Å². The number of carbonyl (C=O) groups excluding carboxylic acids is 1. The summed E-state index contributed by atoms with van der Waals surface area (Å²) in [5.41, 5.74) is 2.71. The van der Waals surface area contributed by atoms with Crippen molar-refractivity contribution in [3.63, 3.8) is 0 Å². The average Bonchev–Trinajstić information content (AvgIpc) is 2.31. The second kappa shape index (κ2) is 9.80. The number of quaternary nitrogens is 1. The molecule has 3 nitrogen and oxygen atoms in total. The van der Waals surface area contributed by atoms with E-state index in [1.165, 1.54) is 11.1 Å². The van der Waals surface area contributed by atoms with E-state index in [0.29, 0.717) is 17.6 Å². The number of nitrogens with zero attached hydrogens (tertiary/aromatic N) is 1. The molecule has 0 saturated carbocycles. The lowest BCUT2D eigenvalue weighted by Gasteiger charge is -2.22. The van der Waals surface area contributed by atoms with Crippen LogP contribution in [0.15, 0.2) is 24.3 Å². The third kappa shape index (κ3) is 10.3. The Kier molecular flexibility index (Phi) is 9.31. The third-order valence-corrected chi connectivity index (χ3v) is 3.06. The molecule has 1 rings (SSSR count). The molecule has 1 aromatic rings. The van der Waals surface area contributed by atoms with Gasteiger partial charge in [-0.1, -0.05) is 29.8 Å². The van der Waals surface area contributed by atoms with E-state index in [-0.39, 0.29) is 18.4 Å². The minimum absolute atomic E-state index is 0. The van der Waals surface area contributed by atoms with Crippen LogP contribution in [0, 0.1) is 6.92 Å². The van der Waals surface area contributed by atoms with Crippen LogP contribution < -0.4 is 12.4 Å². The van der Waals surface area contributed by atoms with Gasteiger partial charge in [0.25, 0.3) is 0 Å². The zero-order valence-corrected chi connectivity index (χ0v) is 14.4. The normalized spacial score (nSPS) is 10.9. The summed E-state index contributed by atoms with van der Waals surface area (Å²) in [6.07, 6.45) is 4.31. The molecule has 0 aliphatic rings. The van der Waals surface area contributed by atoms with Gasteiger partial charge in [-0.2, -0.15) is 0 Å². The van der Waals surface area contributed by atoms with E-state index >= 15 is 0 Å². The summed E-state index contributed by atoms with van der Waals surface area (Å²) < 4.78 is 5.85. The van der Waals surface area contributed by atoms with E-state index in [4.69, 9.17) is 4.74 Å². The van der Waals surface area contributed by atoms with Crippen LogP contribution in [-0.2, 0) is 16.0 Å². The molecule has 0 aromatic heterocycles. The maximum Gasteiger partial charge on any atom is 0.361 e. The second-order valence-corrected chi connectivity index (χ2v) is 6.47. The molecular formula is C17H28ClNO2. The number of unbranched alkanes of at least 4 members (excludes halogenated alkanes) is 2. The maximum atomic E-state index is 11.5. The van der Waals surface area contributed by atoms with Gasteiger partial charge < -0.3 is 21.6 Å². The number of aryl methyl sites for hydroxylation is 2. The van der Waals surface area contributed by atoms with Crippen molar-refractivity contribution < 1.29 is 26.4 Å². The number of hydrogen-bond donors (Lipinski definition) is 0. The standard InChI is InChI=1S/C17H28NO2.ClH/c1-15-9-8-11-16(13-15)10-6-5-7-12-20-17(19)14-18(2,3)4;/h8-9,11,13H,5-7,10,12,14H2,1-4H3;1H/q+1;/p-1. The second-order valence-electron chi connectivity index (χ2n) is 6.47. The predicted octanol–water partition coefficient (Wildman–Crippen LogP) is -0.0388. The molecular weight excluding hydrogens is 286 g/mol. The first-order chi connectivity index (χ1) is 9.37. The number of benzene rings is 1. The monoisotopic (exact) mass is 313 g/mol. The molecule has 0 aliphatic carbocycles. The van der Waals surface area contributed by atoms with Gasteiger partial charge >= 0.3 is 5.97 Å². The number of likely N-dealkylation sites (N-methyl/N-ethyl adjacent to an activating group) is 1. The molecule has 4 heteroatoms. The van der Waals surface area contributed by atoms with Gasteiger partial charge in [-0.15, -0.1) is 0 Å². The summed E-state index contributed by atoms with van der Waals surface area (Å²) in [4.78, 5) is 11.5. The minimum atomic E-state index is -0.101. The number of hydrogen-bond acceptors (Lipinski definition) is 2. The summed E-state index contributed by atoms with van der Waals surface area (Å²) in [6.45, 7) is 3.10. The van der Waals surface area contributed by atoms with Gasteiger partial charge in [-0.05, 0) is 38.2 Å². The first kappa shape index (κ1) is 19.9. The van der Waals surface area contributed by atoms with Crippen LogP contribution in [-0.4, -0.2) is 44.7 Å². The lowest BCUT2D eigenvalue weighted by Crippen LogP contribution is -3.00. The van der Waals surface area contributed by atoms with E-state index in [1.807, 2.05) is 21.1 Å². The van der Waals surface area contributed by atoms with Gasteiger partial charge in [0.2, 0.25) is 0 Å². The molecule has 0 amide bonds. The summed E-state index contributed by atoms with van der Waals surface area (Å²) >= 11 is 0. The van der Waals surface area contributed by atoms with Gasteiger partial charge in [0.15, 0.2) is 6.54 Å². The molecule has 1 aromatic carbocycles. The summed E-state index contributed by atoms with van der Waals surface area (Å²) in [5, 5.41) is 0. The van der Waals surface area contributed by atoms with Crippen molar-refractivity contribution in [2.45, 2.75) is 32.6 Å². The number of ether oxygens (including phenoxy) is 1. The van der Waals surface area contributed by atoms with Crippen LogP contribution in [0.2, 0.25) is 0 Å². The molecule has 0 bridgehead atoms. The number of rotatable bonds is 8. The van der Waals surface area contributed by atoms with Crippen molar-refractivity contribution in [3.05, 3.63) is 35.4 Å². The molecule has 120 valence electrons. The Morgan fingerprint density at radius 1 is 1.14 bits per heavy atom. The SMILES string of the molecule is Cc1cccc(CCCCCOC(=O)C[N+](C)(C)C)c1.[Cl-]. The Bertz CT molecular complexity index is 427. The summed E-state index contributed by atoms with van der Waals surface area (Å²) in [5.74, 6) is -0.101. The van der Waals surface area contributed by atoms with Crippen LogP contribution in [0.25, 0.3) is 0 Å². The van der Waals surface area contributed by atoms with E-state index in [1.54, 1.807) is 0 Å². The van der Waals surface area contributed by atoms with Crippen molar-refractivity contribution in [1.29, 1.82) is 0 Å². The van der Waals surface area contributed by atoms with Crippen LogP contribution in [0.1, 0.15) is 30.4 Å². The topological polar surface area (TPSA) is 26.3 Å². The first-order valence-electron chi connectivity index (χ1n) is 7.38. The first-order valence-corrected chi connectivity index (χ1v) is 7.38. The Morgan fingerprint density at radius 3 is 2.48 bits per heavy atom. The smallest absolute Gasteiger partial charge is 0.361 e. The molecule has 0 spiro atoms. The van der Waals surface area contributed by atoms with Crippen molar-refractivity contribution in [3.8, 4) is 0 Å². The van der Waals surface area contributed by atoms with E-state index in [9.17, 15) is 4.79 Å². The number of carbonyl (C=O) groups is 1. The van der Waals surface area contributed by atoms with Crippen molar-refractivity contribution in [2.24, 2.45) is 0 Å². The molecule has 0 unspecified atom stereocenters. The zero-order chi connectivity index (χ0) is 15.0. The van der Waals surface area contributed by atoms with Crippen LogP contribution in [0.5, 0.6) is 0 Å². The fourth-order valence-corrected chi connectivity index (χ4v) is 2.09. The molecule has 0 fully saturated rings. The van der Waals surface area contributed by atoms with Crippen molar-refractivity contribution in [2.75, 3.05) is 34.3 Å². The molecule has 0 aliphatic heterocycles. The highest BCUT2D eigenvalue weighted by molar-refractivity contribution is 5.70. The largest absolute Gasteiger partial charge is 1.00 e. The number of esters is 1. The van der Waals surface area contributed by atoms with Gasteiger partial charge in [0.1, 0.15) is 0 Å². The van der Waals surface area contributed by atoms with Crippen LogP contribution >= 0.6 is 0 Å². The number of halogens is 1. The minimum Gasteiger partial charge on any atom is -1.00 e. The lowest BCUT2D eigenvalue weighted by atomic mass is 10.1. The van der Waals surface area contributed by atoms with Crippen molar-refractivity contribution in [1.82, 2.24) is 0 Å². The lowest BCUT2D eigenvalue weighted by molar-refractivity contribution is -0.862. The fraction of sp³-hybridized carbons (Fsp3) is 0.588. The highest BCUT2D eigenvalue weighted by Gasteiger charge is 2.14. The van der Waals surface area contributed by atoms with E-state index < -0.39 is 0 Å². The summed E-state index contributed by atoms with van der Waals surface area (Å²) in [7, 11) is 5.97. The Hall–Kier alpha value is -1.06. The molecule has 0 heterocycles. The van der Waals surface area contributed by atoms with Crippen LogP contribution in [0.3, 0.4) is 0 Å². The van der Waals surface area contributed by atoms with Gasteiger partial charge in [-0.25, -0.2) is 4.79 Å². The van der Waals surface area contributed by atoms with Crippen molar-refractivity contribution >= 4 is 5.97 Å².